The van der Waals surface area contributed by atoms with Crippen molar-refractivity contribution in [2.75, 3.05) is 6.54 Å². The number of para-hydroxylation sites is 1. The van der Waals surface area contributed by atoms with Crippen molar-refractivity contribution >= 4 is 16.8 Å². The number of aromatic nitrogens is 3. The zero-order valence-electron chi connectivity index (χ0n) is 14.6. The number of aryl methyl sites for hydroxylation is 2. The average Bonchev–Trinajstić information content (AvgIpc) is 3.33. The van der Waals surface area contributed by atoms with Crippen molar-refractivity contribution in [1.29, 1.82) is 0 Å². The van der Waals surface area contributed by atoms with E-state index < -0.39 is 0 Å². The molecule has 1 aliphatic rings. The lowest BCUT2D eigenvalue weighted by molar-refractivity contribution is 0.0730. The number of carbonyl (C=O) groups excluding carboxylic acids is 1. The second kappa shape index (κ2) is 6.35. The molecular formula is C19H22N4O2. The van der Waals surface area contributed by atoms with E-state index in [9.17, 15) is 4.79 Å². The molecule has 0 radical (unpaired) electrons. The van der Waals surface area contributed by atoms with E-state index in [0.717, 1.165) is 48.8 Å². The fourth-order valence-electron chi connectivity index (χ4n) is 3.73. The normalized spacial score (nSPS) is 17.5. The monoisotopic (exact) mass is 338 g/mol. The molecule has 3 heterocycles. The number of fused-ring (bicyclic) bond motifs is 1. The van der Waals surface area contributed by atoms with Crippen molar-refractivity contribution < 1.29 is 9.32 Å². The molecule has 130 valence electrons. The Kier molecular flexibility index (Phi) is 4.03. The van der Waals surface area contributed by atoms with Crippen molar-refractivity contribution in [2.24, 2.45) is 0 Å². The van der Waals surface area contributed by atoms with E-state index in [1.165, 1.54) is 0 Å². The second-order valence-corrected chi connectivity index (χ2v) is 6.58. The molecule has 6 nitrogen and oxygen atoms in total. The van der Waals surface area contributed by atoms with Gasteiger partial charge in [0, 0.05) is 37.1 Å². The van der Waals surface area contributed by atoms with Crippen molar-refractivity contribution in [1.82, 2.24) is 19.6 Å². The minimum absolute atomic E-state index is 0.0519. The number of nitrogens with zero attached hydrogens (tertiary/aromatic N) is 4. The van der Waals surface area contributed by atoms with Gasteiger partial charge in [0.15, 0.2) is 5.82 Å². The molecule has 0 N–H and O–H groups in total. The minimum atomic E-state index is -0.0989. The van der Waals surface area contributed by atoms with E-state index in [1.54, 1.807) is 6.92 Å². The quantitative estimate of drug-likeness (QED) is 0.727. The van der Waals surface area contributed by atoms with Gasteiger partial charge >= 0.3 is 0 Å². The topological polar surface area (TPSA) is 64.2 Å². The van der Waals surface area contributed by atoms with Crippen LogP contribution >= 0.6 is 0 Å². The molecule has 0 bridgehead atoms. The fraction of sp³-hybridized carbons (Fsp3) is 0.421. The summed E-state index contributed by atoms with van der Waals surface area (Å²) in [6.45, 7) is 5.55. The van der Waals surface area contributed by atoms with E-state index in [2.05, 4.69) is 27.7 Å². The Balaban J connectivity index is 1.72. The van der Waals surface area contributed by atoms with Gasteiger partial charge in [-0.05, 0) is 25.3 Å². The van der Waals surface area contributed by atoms with Crippen LogP contribution in [0.3, 0.4) is 0 Å². The summed E-state index contributed by atoms with van der Waals surface area (Å²) in [5, 5.41) is 5.05. The summed E-state index contributed by atoms with van der Waals surface area (Å²) in [4.78, 5) is 19.5. The number of hydrogen-bond acceptors (Lipinski definition) is 4. The van der Waals surface area contributed by atoms with Gasteiger partial charge in [0.25, 0.3) is 5.91 Å². The zero-order chi connectivity index (χ0) is 17.4. The lowest BCUT2D eigenvalue weighted by atomic mass is 10.1. The zero-order valence-corrected chi connectivity index (χ0v) is 14.6. The molecule has 1 atom stereocenters. The minimum Gasteiger partial charge on any atom is -0.347 e. The van der Waals surface area contributed by atoms with Gasteiger partial charge in [-0.3, -0.25) is 4.79 Å². The molecule has 1 aliphatic heterocycles. The highest BCUT2D eigenvalue weighted by Crippen LogP contribution is 2.33. The first-order valence-corrected chi connectivity index (χ1v) is 8.88. The molecule has 0 saturated carbocycles. The summed E-state index contributed by atoms with van der Waals surface area (Å²) in [6, 6.07) is 8.01. The number of benzene rings is 1. The Bertz CT molecular complexity index is 911. The van der Waals surface area contributed by atoms with Crippen LogP contribution in [0.2, 0.25) is 0 Å². The van der Waals surface area contributed by atoms with Gasteiger partial charge in [0.2, 0.25) is 5.89 Å². The van der Waals surface area contributed by atoms with Crippen molar-refractivity contribution in [3.8, 4) is 0 Å². The van der Waals surface area contributed by atoms with E-state index in [0.29, 0.717) is 11.7 Å². The molecule has 0 unspecified atom stereocenters. The first-order chi connectivity index (χ1) is 12.2. The molecule has 0 spiro atoms. The molecule has 1 fully saturated rings. The molecule has 25 heavy (non-hydrogen) atoms. The summed E-state index contributed by atoms with van der Waals surface area (Å²) in [5.41, 5.74) is 1.87. The van der Waals surface area contributed by atoms with E-state index >= 15 is 0 Å². The van der Waals surface area contributed by atoms with Gasteiger partial charge in [0.1, 0.15) is 0 Å². The third kappa shape index (κ3) is 2.71. The molecule has 1 amide bonds. The number of amides is 1. The first kappa shape index (κ1) is 15.9. The summed E-state index contributed by atoms with van der Waals surface area (Å²) in [7, 11) is 0. The van der Waals surface area contributed by atoms with Crippen molar-refractivity contribution in [3.05, 3.63) is 47.7 Å². The van der Waals surface area contributed by atoms with Crippen LogP contribution in [0.4, 0.5) is 0 Å². The molecule has 6 heteroatoms. The standard InChI is InChI=1S/C19H22N4O2/c1-3-10-22-12-15(14-7-4-5-8-16(14)22)19(24)23-11-6-9-17(23)18-20-13(2)25-21-18/h4-5,7-8,12,17H,3,6,9-11H2,1-2H3/t17-/m1/s1. The Morgan fingerprint density at radius 1 is 1.36 bits per heavy atom. The second-order valence-electron chi connectivity index (χ2n) is 6.58. The molecular weight excluding hydrogens is 316 g/mol. The van der Waals surface area contributed by atoms with Crippen LogP contribution in [0, 0.1) is 6.92 Å². The number of rotatable bonds is 4. The predicted octanol–water partition coefficient (Wildman–Crippen LogP) is 3.72. The van der Waals surface area contributed by atoms with Gasteiger partial charge in [0.05, 0.1) is 11.6 Å². The number of likely N-dealkylation sites (tertiary alicyclic amines) is 1. The molecule has 1 aromatic carbocycles. The summed E-state index contributed by atoms with van der Waals surface area (Å²) < 4.78 is 7.29. The lowest BCUT2D eigenvalue weighted by Gasteiger charge is -2.21. The Morgan fingerprint density at radius 3 is 2.96 bits per heavy atom. The predicted molar refractivity (Wildman–Crippen MR) is 94.3 cm³/mol. The summed E-state index contributed by atoms with van der Waals surface area (Å²) in [5.74, 6) is 1.20. The molecule has 4 rings (SSSR count). The van der Waals surface area contributed by atoms with Crippen LogP contribution < -0.4 is 0 Å². The van der Waals surface area contributed by atoms with Crippen molar-refractivity contribution in [3.63, 3.8) is 0 Å². The Labute approximate surface area is 146 Å². The van der Waals surface area contributed by atoms with Gasteiger partial charge in [-0.1, -0.05) is 30.3 Å². The lowest BCUT2D eigenvalue weighted by Crippen LogP contribution is -2.31. The van der Waals surface area contributed by atoms with Crippen LogP contribution in [0.25, 0.3) is 10.9 Å². The molecule has 1 saturated heterocycles. The third-order valence-corrected chi connectivity index (χ3v) is 4.84. The van der Waals surface area contributed by atoms with E-state index in [1.807, 2.05) is 29.3 Å². The number of hydrogen-bond donors (Lipinski definition) is 0. The van der Waals surface area contributed by atoms with Crippen molar-refractivity contribution in [2.45, 2.75) is 45.7 Å². The fourth-order valence-corrected chi connectivity index (χ4v) is 3.73. The van der Waals surface area contributed by atoms with Crippen LogP contribution in [0.15, 0.2) is 35.0 Å². The average molecular weight is 338 g/mol. The van der Waals surface area contributed by atoms with Gasteiger partial charge < -0.3 is 14.0 Å². The highest BCUT2D eigenvalue weighted by molar-refractivity contribution is 6.07. The van der Waals surface area contributed by atoms with Crippen LogP contribution in [0.1, 0.15) is 54.3 Å². The van der Waals surface area contributed by atoms with Crippen LogP contribution in [0.5, 0.6) is 0 Å². The smallest absolute Gasteiger partial charge is 0.256 e. The van der Waals surface area contributed by atoms with Gasteiger partial charge in [-0.2, -0.15) is 4.98 Å². The summed E-state index contributed by atoms with van der Waals surface area (Å²) in [6.07, 6.45) is 4.85. The first-order valence-electron chi connectivity index (χ1n) is 8.88. The number of carbonyl (C=O) groups is 1. The van der Waals surface area contributed by atoms with E-state index in [-0.39, 0.29) is 11.9 Å². The molecule has 3 aromatic rings. The van der Waals surface area contributed by atoms with Gasteiger partial charge in [-0.25, -0.2) is 0 Å². The summed E-state index contributed by atoms with van der Waals surface area (Å²) >= 11 is 0. The van der Waals surface area contributed by atoms with Gasteiger partial charge in [-0.15, -0.1) is 0 Å². The SMILES string of the molecule is CCCn1cc(C(=O)N2CCC[C@@H]2c2noc(C)n2)c2ccccc21. The molecule has 2 aromatic heterocycles. The maximum Gasteiger partial charge on any atom is 0.256 e. The highest BCUT2D eigenvalue weighted by Gasteiger charge is 2.34. The van der Waals surface area contributed by atoms with E-state index in [4.69, 9.17) is 4.52 Å². The Morgan fingerprint density at radius 2 is 2.20 bits per heavy atom. The van der Waals surface area contributed by atoms with Crippen LogP contribution in [-0.4, -0.2) is 32.1 Å². The van der Waals surface area contributed by atoms with Crippen LogP contribution in [-0.2, 0) is 6.54 Å². The molecule has 0 aliphatic carbocycles. The maximum atomic E-state index is 13.3. The highest BCUT2D eigenvalue weighted by atomic mass is 16.5. The Hall–Kier alpha value is -2.63. The third-order valence-electron chi connectivity index (χ3n) is 4.84. The maximum absolute atomic E-state index is 13.3. The largest absolute Gasteiger partial charge is 0.347 e.